The lowest BCUT2D eigenvalue weighted by molar-refractivity contribution is -0.127. The van der Waals surface area contributed by atoms with Crippen molar-refractivity contribution in [1.82, 2.24) is 5.32 Å². The van der Waals surface area contributed by atoms with E-state index in [1.807, 2.05) is 30.3 Å². The number of ether oxygens (including phenoxy) is 1. The summed E-state index contributed by atoms with van der Waals surface area (Å²) in [7, 11) is 0. The zero-order valence-corrected chi connectivity index (χ0v) is 13.5. The second-order valence-electron chi connectivity index (χ2n) is 5.07. The molecule has 4 nitrogen and oxygen atoms in total. The van der Waals surface area contributed by atoms with Crippen molar-refractivity contribution >= 4 is 17.5 Å². The first-order valence-electron chi connectivity index (χ1n) is 7.27. The van der Waals surface area contributed by atoms with Gasteiger partial charge in [-0.1, -0.05) is 29.8 Å². The highest BCUT2D eigenvalue weighted by molar-refractivity contribution is 6.30. The van der Waals surface area contributed by atoms with E-state index in [4.69, 9.17) is 21.6 Å². The number of benzene rings is 2. The zero-order chi connectivity index (χ0) is 16.7. The van der Waals surface area contributed by atoms with Gasteiger partial charge in [-0.25, -0.2) is 0 Å². The number of nitrogens with zero attached hydrogens (tertiary/aromatic N) is 1. The van der Waals surface area contributed by atoms with Gasteiger partial charge in [0.2, 0.25) is 0 Å². The Bertz CT molecular complexity index is 708. The molecule has 0 aliphatic carbocycles. The van der Waals surface area contributed by atoms with Crippen molar-refractivity contribution in [1.29, 1.82) is 5.26 Å². The fraction of sp³-hybridized carbons (Fsp3) is 0.222. The van der Waals surface area contributed by atoms with Gasteiger partial charge < -0.3 is 10.1 Å². The smallest absolute Gasteiger partial charge is 0.260 e. The van der Waals surface area contributed by atoms with Crippen molar-refractivity contribution in [3.63, 3.8) is 0 Å². The normalized spacial score (nSPS) is 11.3. The third-order valence-electron chi connectivity index (χ3n) is 3.27. The number of amides is 1. The summed E-state index contributed by atoms with van der Waals surface area (Å²) >= 11 is 5.83. The van der Waals surface area contributed by atoms with Gasteiger partial charge in [-0.2, -0.15) is 5.26 Å². The number of hydrogen-bond donors (Lipinski definition) is 1. The maximum Gasteiger partial charge on any atom is 0.260 e. The maximum absolute atomic E-state index is 12.0. The lowest BCUT2D eigenvalue weighted by Crippen LogP contribution is -2.37. The molecule has 2 aromatic rings. The van der Waals surface area contributed by atoms with E-state index in [2.05, 4.69) is 5.32 Å². The van der Waals surface area contributed by atoms with Crippen molar-refractivity contribution in [3.05, 3.63) is 64.7 Å². The standard InChI is InChI=1S/C18H17ClN2O2/c1-13(23-17-4-2-3-15(11-17)12-20)18(22)21-10-9-14-5-7-16(19)8-6-14/h2-8,11,13H,9-10H2,1H3,(H,21,22). The summed E-state index contributed by atoms with van der Waals surface area (Å²) in [5, 5.41) is 12.4. The molecule has 0 fully saturated rings. The molecule has 0 aromatic heterocycles. The van der Waals surface area contributed by atoms with Gasteiger partial charge in [-0.05, 0) is 49.2 Å². The lowest BCUT2D eigenvalue weighted by Gasteiger charge is -2.15. The Morgan fingerprint density at radius 1 is 1.30 bits per heavy atom. The zero-order valence-electron chi connectivity index (χ0n) is 12.8. The summed E-state index contributed by atoms with van der Waals surface area (Å²) in [6, 6.07) is 16.3. The molecule has 1 amide bonds. The summed E-state index contributed by atoms with van der Waals surface area (Å²) < 4.78 is 5.56. The van der Waals surface area contributed by atoms with Crippen molar-refractivity contribution < 1.29 is 9.53 Å². The van der Waals surface area contributed by atoms with Gasteiger partial charge in [0.15, 0.2) is 6.10 Å². The van der Waals surface area contributed by atoms with Crippen LogP contribution >= 0.6 is 11.6 Å². The van der Waals surface area contributed by atoms with E-state index in [0.29, 0.717) is 22.9 Å². The minimum absolute atomic E-state index is 0.193. The van der Waals surface area contributed by atoms with Gasteiger partial charge in [0, 0.05) is 11.6 Å². The molecule has 23 heavy (non-hydrogen) atoms. The highest BCUT2D eigenvalue weighted by Gasteiger charge is 2.14. The van der Waals surface area contributed by atoms with Crippen LogP contribution in [0.1, 0.15) is 18.1 Å². The van der Waals surface area contributed by atoms with Crippen LogP contribution < -0.4 is 10.1 Å². The molecular weight excluding hydrogens is 312 g/mol. The summed E-state index contributed by atoms with van der Waals surface area (Å²) in [6.45, 7) is 2.20. The Hall–Kier alpha value is -2.51. The average Bonchev–Trinajstić information content (AvgIpc) is 2.56. The molecule has 0 saturated heterocycles. The highest BCUT2D eigenvalue weighted by Crippen LogP contribution is 2.14. The Kier molecular flexibility index (Phi) is 6.02. The van der Waals surface area contributed by atoms with Crippen LogP contribution in [0, 0.1) is 11.3 Å². The molecule has 0 bridgehead atoms. The number of halogens is 1. The minimum atomic E-state index is -0.630. The van der Waals surface area contributed by atoms with Crippen molar-refractivity contribution in [3.8, 4) is 11.8 Å². The lowest BCUT2D eigenvalue weighted by atomic mass is 10.1. The predicted molar refractivity (Wildman–Crippen MR) is 89.4 cm³/mol. The molecule has 118 valence electrons. The molecule has 0 aliphatic heterocycles. The molecule has 0 heterocycles. The Balaban J connectivity index is 1.80. The molecule has 5 heteroatoms. The molecule has 0 radical (unpaired) electrons. The molecule has 1 N–H and O–H groups in total. The molecule has 0 aliphatic rings. The number of hydrogen-bond acceptors (Lipinski definition) is 3. The van der Waals surface area contributed by atoms with Gasteiger partial charge in [-0.15, -0.1) is 0 Å². The van der Waals surface area contributed by atoms with E-state index < -0.39 is 6.10 Å². The van der Waals surface area contributed by atoms with E-state index in [-0.39, 0.29) is 5.91 Å². The first-order chi connectivity index (χ1) is 11.1. The number of carbonyl (C=O) groups excluding carboxylic acids is 1. The Labute approximate surface area is 140 Å². The van der Waals surface area contributed by atoms with E-state index in [0.717, 1.165) is 12.0 Å². The Morgan fingerprint density at radius 2 is 2.04 bits per heavy atom. The fourth-order valence-electron chi connectivity index (χ4n) is 2.02. The number of nitriles is 1. The van der Waals surface area contributed by atoms with Crippen LogP contribution in [-0.2, 0) is 11.2 Å². The van der Waals surface area contributed by atoms with Crippen molar-refractivity contribution in [2.24, 2.45) is 0 Å². The van der Waals surface area contributed by atoms with E-state index in [1.54, 1.807) is 31.2 Å². The van der Waals surface area contributed by atoms with Crippen LogP contribution in [-0.4, -0.2) is 18.6 Å². The second kappa shape index (κ2) is 8.21. The van der Waals surface area contributed by atoms with Gasteiger partial charge in [0.1, 0.15) is 5.75 Å². The van der Waals surface area contributed by atoms with E-state index >= 15 is 0 Å². The number of carbonyl (C=O) groups is 1. The summed E-state index contributed by atoms with van der Waals surface area (Å²) in [6.07, 6.45) is 0.0914. The van der Waals surface area contributed by atoms with Crippen LogP contribution in [0.15, 0.2) is 48.5 Å². The quantitative estimate of drug-likeness (QED) is 0.884. The van der Waals surface area contributed by atoms with Crippen molar-refractivity contribution in [2.75, 3.05) is 6.54 Å². The average molecular weight is 329 g/mol. The minimum Gasteiger partial charge on any atom is -0.481 e. The fourth-order valence-corrected chi connectivity index (χ4v) is 2.15. The SMILES string of the molecule is CC(Oc1cccc(C#N)c1)C(=O)NCCc1ccc(Cl)cc1. The Morgan fingerprint density at radius 3 is 2.74 bits per heavy atom. The van der Waals surface area contributed by atoms with Crippen LogP contribution in [0.2, 0.25) is 5.02 Å². The first kappa shape index (κ1) is 16.9. The molecule has 0 saturated carbocycles. The highest BCUT2D eigenvalue weighted by atomic mass is 35.5. The van der Waals surface area contributed by atoms with Crippen molar-refractivity contribution in [2.45, 2.75) is 19.4 Å². The topological polar surface area (TPSA) is 62.1 Å². The first-order valence-corrected chi connectivity index (χ1v) is 7.65. The predicted octanol–water partition coefficient (Wildman–Crippen LogP) is 3.34. The third kappa shape index (κ3) is 5.32. The van der Waals surface area contributed by atoms with Crippen LogP contribution in [0.3, 0.4) is 0 Å². The monoisotopic (exact) mass is 328 g/mol. The molecule has 1 atom stereocenters. The molecule has 1 unspecified atom stereocenters. The van der Waals surface area contributed by atoms with E-state index in [1.165, 1.54) is 0 Å². The summed E-state index contributed by atoms with van der Waals surface area (Å²) in [4.78, 5) is 12.0. The molecule has 2 rings (SSSR count). The molecular formula is C18H17ClN2O2. The van der Waals surface area contributed by atoms with Crippen LogP contribution in [0.5, 0.6) is 5.75 Å². The van der Waals surface area contributed by atoms with Gasteiger partial charge in [-0.3, -0.25) is 4.79 Å². The second-order valence-corrected chi connectivity index (χ2v) is 5.50. The summed E-state index contributed by atoms with van der Waals surface area (Å²) in [5.41, 5.74) is 1.60. The van der Waals surface area contributed by atoms with E-state index in [9.17, 15) is 4.79 Å². The largest absolute Gasteiger partial charge is 0.481 e. The number of rotatable bonds is 6. The molecule has 0 spiro atoms. The number of nitrogens with one attached hydrogen (secondary N) is 1. The van der Waals surface area contributed by atoms with Gasteiger partial charge in [0.25, 0.3) is 5.91 Å². The van der Waals surface area contributed by atoms with Gasteiger partial charge in [0.05, 0.1) is 11.6 Å². The van der Waals surface area contributed by atoms with Gasteiger partial charge >= 0.3 is 0 Å². The maximum atomic E-state index is 12.0. The third-order valence-corrected chi connectivity index (χ3v) is 3.52. The van der Waals surface area contributed by atoms with Crippen LogP contribution in [0.25, 0.3) is 0 Å². The van der Waals surface area contributed by atoms with Crippen LogP contribution in [0.4, 0.5) is 0 Å². The molecule has 2 aromatic carbocycles. The summed E-state index contributed by atoms with van der Waals surface area (Å²) in [5.74, 6) is 0.311.